The molecule has 1 heterocycles. The zero-order chi connectivity index (χ0) is 15.4. The van der Waals surface area contributed by atoms with Crippen LogP contribution < -0.4 is 5.32 Å². The second-order valence-electron chi connectivity index (χ2n) is 4.27. The Balaban J connectivity index is 2.20. The Labute approximate surface area is 123 Å². The molecule has 0 aliphatic heterocycles. The summed E-state index contributed by atoms with van der Waals surface area (Å²) in [5, 5.41) is 24.1. The molecule has 0 fully saturated rings. The van der Waals surface area contributed by atoms with Gasteiger partial charge in [0.15, 0.2) is 0 Å². The lowest BCUT2D eigenvalue weighted by Crippen LogP contribution is -2.15. The number of amides is 1. The molecule has 21 heavy (non-hydrogen) atoms. The van der Waals surface area contributed by atoms with Crippen molar-refractivity contribution in [2.45, 2.75) is 6.42 Å². The summed E-state index contributed by atoms with van der Waals surface area (Å²) < 4.78 is 0. The molecule has 2 aromatic rings. The summed E-state index contributed by atoms with van der Waals surface area (Å²) in [6.45, 7) is 0. The van der Waals surface area contributed by atoms with Crippen LogP contribution in [0.1, 0.15) is 26.3 Å². The van der Waals surface area contributed by atoms with Crippen LogP contribution in [0.15, 0.2) is 35.0 Å². The molecule has 0 bridgehead atoms. The van der Waals surface area contributed by atoms with Crippen molar-refractivity contribution in [3.63, 3.8) is 0 Å². The van der Waals surface area contributed by atoms with Gasteiger partial charge in [-0.05, 0) is 40.6 Å². The van der Waals surface area contributed by atoms with Gasteiger partial charge in [0.1, 0.15) is 0 Å². The van der Waals surface area contributed by atoms with Crippen molar-refractivity contribution in [2.24, 2.45) is 0 Å². The minimum Gasteiger partial charge on any atom is -0.478 e. The second kappa shape index (κ2) is 6.19. The number of thiophene rings is 1. The fourth-order valence-electron chi connectivity index (χ4n) is 1.73. The summed E-state index contributed by atoms with van der Waals surface area (Å²) in [6, 6.07) is 5.29. The molecular formula is C14H11NO5S. The van der Waals surface area contributed by atoms with E-state index < -0.39 is 11.9 Å². The molecule has 0 aliphatic rings. The Hall–Kier alpha value is -2.67. The number of rotatable bonds is 5. The van der Waals surface area contributed by atoms with Crippen LogP contribution in [0.2, 0.25) is 0 Å². The number of hydrogen-bond donors (Lipinski definition) is 3. The van der Waals surface area contributed by atoms with Crippen LogP contribution in [0.3, 0.4) is 0 Å². The van der Waals surface area contributed by atoms with Crippen molar-refractivity contribution in [2.75, 3.05) is 5.32 Å². The maximum absolute atomic E-state index is 11.8. The Morgan fingerprint density at radius 2 is 1.67 bits per heavy atom. The third kappa shape index (κ3) is 3.90. The number of hydrogen-bond acceptors (Lipinski definition) is 4. The lowest BCUT2D eigenvalue weighted by atomic mass is 10.1. The van der Waals surface area contributed by atoms with E-state index in [-0.39, 0.29) is 29.1 Å². The topological polar surface area (TPSA) is 104 Å². The third-order valence-corrected chi connectivity index (χ3v) is 3.39. The summed E-state index contributed by atoms with van der Waals surface area (Å²) in [4.78, 5) is 33.8. The predicted octanol–water partition coefficient (Wildman–Crippen LogP) is 2.33. The standard InChI is InChI=1S/C14H11NO5S/c16-12(3-8-1-2-21-7-8)15-11-5-9(13(17)18)4-10(6-11)14(19)20/h1-2,4-7H,3H2,(H,15,16)(H,17,18)(H,19,20). The zero-order valence-electron chi connectivity index (χ0n) is 10.7. The van der Waals surface area contributed by atoms with Gasteiger partial charge in [0.2, 0.25) is 5.91 Å². The Morgan fingerprint density at radius 3 is 2.14 bits per heavy atom. The normalized spacial score (nSPS) is 10.1. The van der Waals surface area contributed by atoms with Gasteiger partial charge >= 0.3 is 11.9 Å². The second-order valence-corrected chi connectivity index (χ2v) is 5.05. The van der Waals surface area contributed by atoms with E-state index in [2.05, 4.69) is 5.32 Å². The van der Waals surface area contributed by atoms with Gasteiger partial charge in [-0.1, -0.05) is 0 Å². The molecule has 108 valence electrons. The highest BCUT2D eigenvalue weighted by molar-refractivity contribution is 7.08. The van der Waals surface area contributed by atoms with Crippen molar-refractivity contribution < 1.29 is 24.6 Å². The Morgan fingerprint density at radius 1 is 1.05 bits per heavy atom. The van der Waals surface area contributed by atoms with Crippen LogP contribution in [0.5, 0.6) is 0 Å². The highest BCUT2D eigenvalue weighted by Gasteiger charge is 2.13. The largest absolute Gasteiger partial charge is 0.478 e. The molecule has 1 aromatic carbocycles. The minimum absolute atomic E-state index is 0.142. The average Bonchev–Trinajstić information content (AvgIpc) is 2.90. The van der Waals surface area contributed by atoms with Gasteiger partial charge in [0.25, 0.3) is 0 Å². The molecular weight excluding hydrogens is 294 g/mol. The SMILES string of the molecule is O=C(Cc1ccsc1)Nc1cc(C(=O)O)cc(C(=O)O)c1. The minimum atomic E-state index is -1.26. The molecule has 1 aromatic heterocycles. The fraction of sp³-hybridized carbons (Fsp3) is 0.0714. The molecule has 0 spiro atoms. The summed E-state index contributed by atoms with van der Waals surface area (Å²) in [5.41, 5.74) is 0.597. The first-order chi connectivity index (χ1) is 9.95. The van der Waals surface area contributed by atoms with E-state index in [1.54, 1.807) is 6.07 Å². The van der Waals surface area contributed by atoms with Crippen molar-refractivity contribution in [3.05, 3.63) is 51.7 Å². The number of carboxylic acids is 2. The summed E-state index contributed by atoms with van der Waals surface area (Å²) in [7, 11) is 0. The fourth-order valence-corrected chi connectivity index (χ4v) is 2.40. The smallest absolute Gasteiger partial charge is 0.335 e. The molecule has 6 nitrogen and oxygen atoms in total. The van der Waals surface area contributed by atoms with Crippen LogP contribution in [-0.4, -0.2) is 28.1 Å². The average molecular weight is 305 g/mol. The van der Waals surface area contributed by atoms with E-state index in [0.29, 0.717) is 0 Å². The van der Waals surface area contributed by atoms with Gasteiger partial charge in [0, 0.05) is 5.69 Å². The van der Waals surface area contributed by atoms with Crippen LogP contribution in [-0.2, 0) is 11.2 Å². The van der Waals surface area contributed by atoms with Crippen LogP contribution in [0, 0.1) is 0 Å². The van der Waals surface area contributed by atoms with E-state index in [1.165, 1.54) is 23.5 Å². The Kier molecular flexibility index (Phi) is 4.34. The first kappa shape index (κ1) is 14.7. The van der Waals surface area contributed by atoms with Crippen molar-refractivity contribution in [1.82, 2.24) is 0 Å². The number of carboxylic acid groups (broad SMARTS) is 2. The van der Waals surface area contributed by atoms with Gasteiger partial charge in [-0.2, -0.15) is 11.3 Å². The molecule has 0 aliphatic carbocycles. The van der Waals surface area contributed by atoms with E-state index in [4.69, 9.17) is 10.2 Å². The summed E-state index contributed by atoms with van der Waals surface area (Å²) >= 11 is 1.47. The number of benzene rings is 1. The quantitative estimate of drug-likeness (QED) is 0.786. The third-order valence-electron chi connectivity index (χ3n) is 2.66. The molecule has 0 saturated heterocycles. The molecule has 0 saturated carbocycles. The molecule has 0 atom stereocenters. The number of carbonyl (C=O) groups excluding carboxylic acids is 1. The molecule has 1 amide bonds. The maximum atomic E-state index is 11.8. The zero-order valence-corrected chi connectivity index (χ0v) is 11.5. The summed E-state index contributed by atoms with van der Waals surface area (Å²) in [6.07, 6.45) is 0.142. The van der Waals surface area contributed by atoms with Crippen molar-refractivity contribution in [1.29, 1.82) is 0 Å². The van der Waals surface area contributed by atoms with Gasteiger partial charge in [-0.15, -0.1) is 0 Å². The van der Waals surface area contributed by atoms with Gasteiger partial charge in [0.05, 0.1) is 17.5 Å². The number of aromatic carboxylic acids is 2. The molecule has 3 N–H and O–H groups in total. The highest BCUT2D eigenvalue weighted by atomic mass is 32.1. The first-order valence-corrected chi connectivity index (χ1v) is 6.82. The predicted molar refractivity (Wildman–Crippen MR) is 77.0 cm³/mol. The van der Waals surface area contributed by atoms with Gasteiger partial charge < -0.3 is 15.5 Å². The van der Waals surface area contributed by atoms with Crippen molar-refractivity contribution in [3.8, 4) is 0 Å². The molecule has 2 rings (SSSR count). The number of nitrogens with one attached hydrogen (secondary N) is 1. The van der Waals surface area contributed by atoms with E-state index in [1.807, 2.05) is 10.8 Å². The van der Waals surface area contributed by atoms with Gasteiger partial charge in [-0.3, -0.25) is 4.79 Å². The molecule has 7 heteroatoms. The van der Waals surface area contributed by atoms with Crippen LogP contribution >= 0.6 is 11.3 Å². The highest BCUT2D eigenvalue weighted by Crippen LogP contribution is 2.16. The van der Waals surface area contributed by atoms with Crippen molar-refractivity contribution >= 4 is 34.9 Å². The lowest BCUT2D eigenvalue weighted by Gasteiger charge is -2.07. The van der Waals surface area contributed by atoms with E-state index >= 15 is 0 Å². The van der Waals surface area contributed by atoms with E-state index in [0.717, 1.165) is 11.6 Å². The van der Waals surface area contributed by atoms with E-state index in [9.17, 15) is 14.4 Å². The molecule has 0 unspecified atom stereocenters. The summed E-state index contributed by atoms with van der Waals surface area (Å²) in [5.74, 6) is -2.86. The Bertz CT molecular complexity index is 661. The monoisotopic (exact) mass is 305 g/mol. The maximum Gasteiger partial charge on any atom is 0.335 e. The lowest BCUT2D eigenvalue weighted by molar-refractivity contribution is -0.115. The van der Waals surface area contributed by atoms with Crippen LogP contribution in [0.4, 0.5) is 5.69 Å². The van der Waals surface area contributed by atoms with Gasteiger partial charge in [-0.25, -0.2) is 9.59 Å². The number of anilines is 1. The number of carbonyl (C=O) groups is 3. The first-order valence-electron chi connectivity index (χ1n) is 5.88. The molecule has 0 radical (unpaired) electrons. The van der Waals surface area contributed by atoms with Crippen LogP contribution in [0.25, 0.3) is 0 Å².